The third-order valence-corrected chi connectivity index (χ3v) is 5.12. The Labute approximate surface area is 191 Å². The lowest BCUT2D eigenvalue weighted by atomic mass is 10.1. The third kappa shape index (κ3) is 5.39. The van der Waals surface area contributed by atoms with E-state index in [4.69, 9.17) is 25.8 Å². The van der Waals surface area contributed by atoms with Gasteiger partial charge in [0, 0.05) is 6.07 Å². The summed E-state index contributed by atoms with van der Waals surface area (Å²) in [5.41, 5.74) is 3.08. The fraction of sp³-hybridized carbons (Fsp3) is 0.261. The molecule has 1 amide bonds. The van der Waals surface area contributed by atoms with Crippen molar-refractivity contribution in [1.29, 1.82) is 0 Å². The van der Waals surface area contributed by atoms with Gasteiger partial charge in [0.15, 0.2) is 6.61 Å². The molecule has 3 rings (SSSR count). The van der Waals surface area contributed by atoms with E-state index >= 15 is 0 Å². The van der Waals surface area contributed by atoms with Crippen molar-refractivity contribution in [2.24, 2.45) is 0 Å². The van der Waals surface area contributed by atoms with Gasteiger partial charge in [-0.3, -0.25) is 4.79 Å². The van der Waals surface area contributed by atoms with Gasteiger partial charge in [-0.2, -0.15) is 5.10 Å². The SMILES string of the molecule is COc1ccc(OC)c(NC(=O)COC(=O)c2c(C)nn(Cc3ccc(C)cc3)c2Cl)c1. The van der Waals surface area contributed by atoms with Crippen LogP contribution in [-0.2, 0) is 16.1 Å². The smallest absolute Gasteiger partial charge is 0.343 e. The quantitative estimate of drug-likeness (QED) is 0.514. The molecule has 0 fully saturated rings. The third-order valence-electron chi connectivity index (χ3n) is 4.74. The summed E-state index contributed by atoms with van der Waals surface area (Å²) in [6.45, 7) is 3.57. The maximum absolute atomic E-state index is 12.6. The van der Waals surface area contributed by atoms with Crippen LogP contribution in [0.25, 0.3) is 0 Å². The van der Waals surface area contributed by atoms with Gasteiger partial charge in [0.1, 0.15) is 22.2 Å². The average Bonchev–Trinajstić information content (AvgIpc) is 3.06. The maximum Gasteiger partial charge on any atom is 0.343 e. The number of aromatic nitrogens is 2. The number of ether oxygens (including phenoxy) is 3. The Kier molecular flexibility index (Phi) is 7.37. The van der Waals surface area contributed by atoms with E-state index in [1.54, 1.807) is 25.1 Å². The van der Waals surface area contributed by atoms with E-state index in [0.717, 1.165) is 11.1 Å². The largest absolute Gasteiger partial charge is 0.497 e. The molecule has 3 aromatic rings. The number of hydrogen-bond donors (Lipinski definition) is 1. The first kappa shape index (κ1) is 23.1. The van der Waals surface area contributed by atoms with Crippen LogP contribution in [0.3, 0.4) is 0 Å². The van der Waals surface area contributed by atoms with Crippen LogP contribution in [-0.4, -0.2) is 42.5 Å². The van der Waals surface area contributed by atoms with E-state index in [-0.39, 0.29) is 10.7 Å². The van der Waals surface area contributed by atoms with E-state index < -0.39 is 18.5 Å². The molecule has 0 spiro atoms. The number of aryl methyl sites for hydroxylation is 2. The van der Waals surface area contributed by atoms with E-state index in [2.05, 4.69) is 10.4 Å². The molecule has 0 aliphatic heterocycles. The second-order valence-corrected chi connectivity index (χ2v) is 7.44. The van der Waals surface area contributed by atoms with Crippen LogP contribution < -0.4 is 14.8 Å². The van der Waals surface area contributed by atoms with Gasteiger partial charge in [0.25, 0.3) is 5.91 Å². The van der Waals surface area contributed by atoms with Crippen molar-refractivity contribution in [3.63, 3.8) is 0 Å². The van der Waals surface area contributed by atoms with Crippen LogP contribution in [0, 0.1) is 13.8 Å². The van der Waals surface area contributed by atoms with Crippen molar-refractivity contribution in [2.45, 2.75) is 20.4 Å². The van der Waals surface area contributed by atoms with E-state index in [9.17, 15) is 9.59 Å². The summed E-state index contributed by atoms with van der Waals surface area (Å²) >= 11 is 6.39. The lowest BCUT2D eigenvalue weighted by Crippen LogP contribution is -2.21. The number of carbonyl (C=O) groups excluding carboxylic acids is 2. The summed E-state index contributed by atoms with van der Waals surface area (Å²) < 4.78 is 17.1. The zero-order valence-electron chi connectivity index (χ0n) is 18.3. The molecule has 0 aliphatic rings. The predicted octanol–water partition coefficient (Wildman–Crippen LogP) is 4.01. The monoisotopic (exact) mass is 457 g/mol. The highest BCUT2D eigenvalue weighted by molar-refractivity contribution is 6.32. The van der Waals surface area contributed by atoms with Gasteiger partial charge >= 0.3 is 5.97 Å². The predicted molar refractivity (Wildman–Crippen MR) is 121 cm³/mol. The second-order valence-electron chi connectivity index (χ2n) is 7.08. The van der Waals surface area contributed by atoms with Crippen molar-refractivity contribution >= 4 is 29.2 Å². The summed E-state index contributed by atoms with van der Waals surface area (Å²) in [4.78, 5) is 24.9. The van der Waals surface area contributed by atoms with Crippen LogP contribution in [0.2, 0.25) is 5.15 Å². The molecule has 1 heterocycles. The minimum absolute atomic E-state index is 0.130. The molecule has 9 heteroatoms. The zero-order valence-corrected chi connectivity index (χ0v) is 19.0. The standard InChI is InChI=1S/C23H24ClN3O5/c1-14-5-7-16(8-6-14)12-27-22(24)21(15(2)26-27)23(29)32-13-20(28)25-18-11-17(30-3)9-10-19(18)31-4/h5-11H,12-13H2,1-4H3,(H,25,28). The number of halogens is 1. The van der Waals surface area contributed by atoms with Crippen molar-refractivity contribution in [1.82, 2.24) is 9.78 Å². The minimum Gasteiger partial charge on any atom is -0.497 e. The number of anilines is 1. The molecule has 0 saturated carbocycles. The topological polar surface area (TPSA) is 91.7 Å². The van der Waals surface area contributed by atoms with Gasteiger partial charge in [-0.25, -0.2) is 9.48 Å². The number of hydrogen-bond acceptors (Lipinski definition) is 6. The lowest BCUT2D eigenvalue weighted by Gasteiger charge is -2.12. The first-order valence-corrected chi connectivity index (χ1v) is 10.2. The highest BCUT2D eigenvalue weighted by Crippen LogP contribution is 2.29. The summed E-state index contributed by atoms with van der Waals surface area (Å²) in [7, 11) is 3.00. The molecule has 0 bridgehead atoms. The Hall–Kier alpha value is -3.52. The molecule has 168 valence electrons. The van der Waals surface area contributed by atoms with E-state index in [1.165, 1.54) is 18.9 Å². The fourth-order valence-corrected chi connectivity index (χ4v) is 3.37. The molecular formula is C23H24ClN3O5. The Balaban J connectivity index is 1.65. The van der Waals surface area contributed by atoms with Gasteiger partial charge in [-0.05, 0) is 31.5 Å². The van der Waals surface area contributed by atoms with Crippen molar-refractivity contribution in [3.8, 4) is 11.5 Å². The molecule has 32 heavy (non-hydrogen) atoms. The summed E-state index contributed by atoms with van der Waals surface area (Å²) in [6.07, 6.45) is 0. The van der Waals surface area contributed by atoms with Gasteiger partial charge in [0.05, 0.1) is 32.1 Å². The summed E-state index contributed by atoms with van der Waals surface area (Å²) in [5, 5.41) is 7.13. The molecule has 0 unspecified atom stereocenters. The molecule has 1 N–H and O–H groups in total. The number of benzene rings is 2. The number of rotatable bonds is 8. The number of carbonyl (C=O) groups is 2. The number of nitrogens with zero attached hydrogens (tertiary/aromatic N) is 2. The molecule has 1 aromatic heterocycles. The van der Waals surface area contributed by atoms with Crippen LogP contribution in [0.4, 0.5) is 5.69 Å². The second kappa shape index (κ2) is 10.2. The fourth-order valence-electron chi connectivity index (χ4n) is 3.06. The molecule has 0 radical (unpaired) electrons. The normalized spacial score (nSPS) is 10.5. The van der Waals surface area contributed by atoms with Crippen LogP contribution in [0.5, 0.6) is 11.5 Å². The highest BCUT2D eigenvalue weighted by atomic mass is 35.5. The van der Waals surface area contributed by atoms with Crippen LogP contribution in [0.1, 0.15) is 27.2 Å². The van der Waals surface area contributed by atoms with E-state index in [0.29, 0.717) is 29.4 Å². The summed E-state index contributed by atoms with van der Waals surface area (Å²) in [5.74, 6) is -0.274. The Morgan fingerprint density at radius 3 is 2.44 bits per heavy atom. The molecule has 8 nitrogen and oxygen atoms in total. The van der Waals surface area contributed by atoms with Gasteiger partial charge in [-0.15, -0.1) is 0 Å². The first-order chi connectivity index (χ1) is 15.3. The van der Waals surface area contributed by atoms with Crippen molar-refractivity contribution in [3.05, 3.63) is 70.0 Å². The Bertz CT molecular complexity index is 1130. The van der Waals surface area contributed by atoms with Crippen molar-refractivity contribution in [2.75, 3.05) is 26.1 Å². The lowest BCUT2D eigenvalue weighted by molar-refractivity contribution is -0.119. The number of methoxy groups -OCH3 is 2. The zero-order chi connectivity index (χ0) is 23.3. The van der Waals surface area contributed by atoms with E-state index in [1.807, 2.05) is 31.2 Å². The van der Waals surface area contributed by atoms with Gasteiger partial charge < -0.3 is 19.5 Å². The average molecular weight is 458 g/mol. The van der Waals surface area contributed by atoms with Crippen molar-refractivity contribution < 1.29 is 23.8 Å². The van der Waals surface area contributed by atoms with Gasteiger partial charge in [-0.1, -0.05) is 41.4 Å². The molecule has 2 aromatic carbocycles. The maximum atomic E-state index is 12.6. The first-order valence-electron chi connectivity index (χ1n) is 9.79. The summed E-state index contributed by atoms with van der Waals surface area (Å²) in [6, 6.07) is 12.9. The Morgan fingerprint density at radius 1 is 1.06 bits per heavy atom. The highest BCUT2D eigenvalue weighted by Gasteiger charge is 2.23. The molecule has 0 aliphatic carbocycles. The molecular weight excluding hydrogens is 434 g/mol. The van der Waals surface area contributed by atoms with Crippen LogP contribution in [0.15, 0.2) is 42.5 Å². The molecule has 0 atom stereocenters. The number of nitrogens with one attached hydrogen (secondary N) is 1. The Morgan fingerprint density at radius 2 is 1.78 bits per heavy atom. The number of esters is 1. The van der Waals surface area contributed by atoms with Gasteiger partial charge in [0.2, 0.25) is 0 Å². The minimum atomic E-state index is -0.726. The number of amides is 1. The molecule has 0 saturated heterocycles. The van der Waals surface area contributed by atoms with Crippen LogP contribution >= 0.6 is 11.6 Å².